The number of pyridine rings is 1. The normalized spacial score (nSPS) is 12.1. The minimum Gasteiger partial charge on any atom is -0.458 e. The van der Waals surface area contributed by atoms with Gasteiger partial charge in [-0.3, -0.25) is 0 Å². The lowest BCUT2D eigenvalue weighted by atomic mass is 9.92. The van der Waals surface area contributed by atoms with Gasteiger partial charge in [0, 0.05) is 32.7 Å². The summed E-state index contributed by atoms with van der Waals surface area (Å²) in [4.78, 5) is 5.41. The second-order valence-electron chi connectivity index (χ2n) is 11.1. The Bertz CT molecular complexity index is 2000. The van der Waals surface area contributed by atoms with E-state index >= 15 is 0 Å². The van der Waals surface area contributed by atoms with Crippen LogP contribution in [-0.4, -0.2) is 4.98 Å². The summed E-state index contributed by atoms with van der Waals surface area (Å²) in [6.07, 6.45) is 0. The second kappa shape index (κ2) is 13.8. The molecule has 4 nitrogen and oxygen atoms in total. The summed E-state index contributed by atoms with van der Waals surface area (Å²) >= 11 is 3.59. The number of nitrogens with zero attached hydrogens (tertiary/aromatic N) is 1. The molecule has 228 valence electrons. The van der Waals surface area contributed by atoms with Gasteiger partial charge >= 0.3 is 0 Å². The molecule has 1 unspecified atom stereocenters. The maximum absolute atomic E-state index is 7.26. The third-order valence-corrected chi connectivity index (χ3v) is 8.43. The largest absolute Gasteiger partial charge is 0.458 e. The Labute approximate surface area is 283 Å². The summed E-state index contributed by atoms with van der Waals surface area (Å²) < 4.78 is 8.22. The first kappa shape index (κ1) is 30.0. The lowest BCUT2D eigenvalue weighted by Crippen LogP contribution is -2.44. The quantitative estimate of drug-likeness (QED) is 0.142. The Morgan fingerprint density at radius 2 is 1.06 bits per heavy atom. The topological polar surface area (TPSA) is 46.2 Å². The van der Waals surface area contributed by atoms with Crippen molar-refractivity contribution in [1.82, 2.24) is 4.98 Å². The molecule has 1 aromatic heterocycles. The standard InChI is InChI=1S/C42H32BrN3O/c43-34-25-27-37(28-26-34)47-42(46-36-21-11-4-12-22-36,38-23-13-14-24-39(38)44-35-19-9-3-10-20-35)41-30-33(31-15-5-1-6-16-31)29-40(45-41)32-17-7-2-8-18-32/h1-30,44,46H. The molecule has 0 amide bonds. The van der Waals surface area contributed by atoms with Crippen molar-refractivity contribution in [2.45, 2.75) is 5.72 Å². The van der Waals surface area contributed by atoms with Crippen molar-refractivity contribution in [1.29, 1.82) is 0 Å². The molecule has 7 aromatic rings. The molecule has 1 heterocycles. The average Bonchev–Trinajstić information content (AvgIpc) is 3.14. The van der Waals surface area contributed by atoms with Crippen LogP contribution in [0.3, 0.4) is 0 Å². The minimum atomic E-state index is -1.29. The van der Waals surface area contributed by atoms with Gasteiger partial charge in [-0.1, -0.05) is 131 Å². The summed E-state index contributed by atoms with van der Waals surface area (Å²) in [5.41, 5.74) is 6.98. The summed E-state index contributed by atoms with van der Waals surface area (Å²) in [5.74, 6) is 0.680. The van der Waals surface area contributed by atoms with E-state index in [0.717, 1.165) is 49.5 Å². The number of rotatable bonds is 10. The monoisotopic (exact) mass is 673 g/mol. The van der Waals surface area contributed by atoms with Crippen LogP contribution in [0.4, 0.5) is 17.1 Å². The SMILES string of the molecule is Brc1ccc(OC(Nc2ccccc2)(c2cc(-c3ccccc3)cc(-c3ccccc3)n2)c2ccccc2Nc2ccccc2)cc1. The third kappa shape index (κ3) is 6.81. The van der Waals surface area contributed by atoms with Crippen molar-refractivity contribution >= 4 is 33.0 Å². The summed E-state index contributed by atoms with van der Waals surface area (Å²) in [6, 6.07) is 61.4. The highest BCUT2D eigenvalue weighted by molar-refractivity contribution is 9.10. The fourth-order valence-corrected chi connectivity index (χ4v) is 5.91. The van der Waals surface area contributed by atoms with E-state index in [0.29, 0.717) is 11.4 Å². The van der Waals surface area contributed by atoms with Gasteiger partial charge in [-0.05, 0) is 77.9 Å². The van der Waals surface area contributed by atoms with Crippen molar-refractivity contribution in [3.63, 3.8) is 0 Å². The van der Waals surface area contributed by atoms with E-state index in [2.05, 4.69) is 99.4 Å². The number of para-hydroxylation sites is 3. The van der Waals surface area contributed by atoms with Crippen LogP contribution in [0.15, 0.2) is 186 Å². The number of halogens is 1. The zero-order valence-electron chi connectivity index (χ0n) is 25.6. The van der Waals surface area contributed by atoms with Crippen molar-refractivity contribution in [3.05, 3.63) is 198 Å². The maximum Gasteiger partial charge on any atom is 0.252 e. The lowest BCUT2D eigenvalue weighted by Gasteiger charge is -2.38. The number of ether oxygens (including phenoxy) is 1. The molecule has 47 heavy (non-hydrogen) atoms. The molecule has 0 spiro atoms. The highest BCUT2D eigenvalue weighted by atomic mass is 79.9. The predicted molar refractivity (Wildman–Crippen MR) is 197 cm³/mol. The van der Waals surface area contributed by atoms with E-state index in [1.807, 2.05) is 109 Å². The summed E-state index contributed by atoms with van der Waals surface area (Å²) in [7, 11) is 0. The molecule has 0 bridgehead atoms. The first-order valence-electron chi connectivity index (χ1n) is 15.5. The highest BCUT2D eigenvalue weighted by Crippen LogP contribution is 2.42. The predicted octanol–water partition coefficient (Wildman–Crippen LogP) is 11.3. The van der Waals surface area contributed by atoms with Gasteiger partial charge in [-0.25, -0.2) is 4.98 Å². The van der Waals surface area contributed by atoms with Gasteiger partial charge in [0.15, 0.2) is 0 Å². The Morgan fingerprint density at radius 3 is 1.72 bits per heavy atom. The van der Waals surface area contributed by atoms with Crippen LogP contribution in [0.1, 0.15) is 11.3 Å². The van der Waals surface area contributed by atoms with Gasteiger partial charge in [0.05, 0.1) is 5.69 Å². The molecule has 0 radical (unpaired) electrons. The average molecular weight is 675 g/mol. The summed E-state index contributed by atoms with van der Waals surface area (Å²) in [6.45, 7) is 0. The molecule has 0 aliphatic carbocycles. The molecule has 1 atom stereocenters. The minimum absolute atomic E-state index is 0.680. The molecule has 7 rings (SSSR count). The van der Waals surface area contributed by atoms with Gasteiger partial charge < -0.3 is 15.4 Å². The first-order chi connectivity index (χ1) is 23.2. The second-order valence-corrected chi connectivity index (χ2v) is 12.0. The lowest BCUT2D eigenvalue weighted by molar-refractivity contribution is 0.138. The highest BCUT2D eigenvalue weighted by Gasteiger charge is 2.41. The van der Waals surface area contributed by atoms with Crippen LogP contribution in [0.5, 0.6) is 5.75 Å². The molecule has 0 saturated carbocycles. The van der Waals surface area contributed by atoms with Gasteiger partial charge in [-0.15, -0.1) is 0 Å². The zero-order valence-corrected chi connectivity index (χ0v) is 27.1. The Kier molecular flexibility index (Phi) is 8.80. The number of benzene rings is 6. The Morgan fingerprint density at radius 1 is 0.511 bits per heavy atom. The molecule has 2 N–H and O–H groups in total. The molecule has 0 aliphatic rings. The smallest absolute Gasteiger partial charge is 0.252 e. The van der Waals surface area contributed by atoms with Gasteiger partial charge in [0.1, 0.15) is 11.4 Å². The van der Waals surface area contributed by atoms with E-state index in [4.69, 9.17) is 9.72 Å². The first-order valence-corrected chi connectivity index (χ1v) is 16.3. The fraction of sp³-hybridized carbons (Fsp3) is 0.0238. The fourth-order valence-electron chi connectivity index (χ4n) is 5.65. The van der Waals surface area contributed by atoms with E-state index in [9.17, 15) is 0 Å². The zero-order chi connectivity index (χ0) is 31.9. The van der Waals surface area contributed by atoms with Crippen LogP contribution in [0.2, 0.25) is 0 Å². The van der Waals surface area contributed by atoms with E-state index in [-0.39, 0.29) is 0 Å². The van der Waals surface area contributed by atoms with Gasteiger partial charge in [0.25, 0.3) is 5.72 Å². The molecule has 0 saturated heterocycles. The number of anilines is 3. The molecule has 5 heteroatoms. The van der Waals surface area contributed by atoms with E-state index in [1.54, 1.807) is 0 Å². The molecule has 0 fully saturated rings. The van der Waals surface area contributed by atoms with Crippen LogP contribution in [0, 0.1) is 0 Å². The van der Waals surface area contributed by atoms with Crippen molar-refractivity contribution < 1.29 is 4.74 Å². The van der Waals surface area contributed by atoms with Crippen LogP contribution >= 0.6 is 15.9 Å². The van der Waals surface area contributed by atoms with Gasteiger partial charge in [0.2, 0.25) is 0 Å². The number of hydrogen-bond acceptors (Lipinski definition) is 4. The third-order valence-electron chi connectivity index (χ3n) is 7.90. The molecule has 0 aliphatic heterocycles. The molecular formula is C42H32BrN3O. The molecular weight excluding hydrogens is 642 g/mol. The van der Waals surface area contributed by atoms with Crippen LogP contribution < -0.4 is 15.4 Å². The number of aromatic nitrogens is 1. The Balaban J connectivity index is 1.53. The van der Waals surface area contributed by atoms with Crippen molar-refractivity contribution in [3.8, 4) is 28.1 Å². The Hall–Kier alpha value is -5.65. The van der Waals surface area contributed by atoms with Crippen molar-refractivity contribution in [2.75, 3.05) is 10.6 Å². The molecule has 6 aromatic carbocycles. The van der Waals surface area contributed by atoms with E-state index in [1.165, 1.54) is 0 Å². The summed E-state index contributed by atoms with van der Waals surface area (Å²) in [5, 5.41) is 7.50. The van der Waals surface area contributed by atoms with Crippen molar-refractivity contribution in [2.24, 2.45) is 0 Å². The number of nitrogens with one attached hydrogen (secondary N) is 2. The van der Waals surface area contributed by atoms with Crippen LogP contribution in [-0.2, 0) is 5.72 Å². The van der Waals surface area contributed by atoms with Crippen LogP contribution in [0.25, 0.3) is 22.4 Å². The van der Waals surface area contributed by atoms with E-state index < -0.39 is 5.72 Å². The van der Waals surface area contributed by atoms with Gasteiger partial charge in [-0.2, -0.15) is 0 Å². The number of hydrogen-bond donors (Lipinski definition) is 2. The maximum atomic E-state index is 7.26.